The highest BCUT2D eigenvalue weighted by Gasteiger charge is 2.34. The number of methoxy groups -OCH3 is 1. The van der Waals surface area contributed by atoms with Gasteiger partial charge in [-0.05, 0) is 78.8 Å². The fourth-order valence-electron chi connectivity index (χ4n) is 5.34. The molecular weight excluding hydrogens is 543 g/mol. The van der Waals surface area contributed by atoms with Crippen molar-refractivity contribution in [1.29, 1.82) is 0 Å². The number of hydrogen-bond donors (Lipinski definition) is 0. The summed E-state index contributed by atoms with van der Waals surface area (Å²) in [5.74, 6) is -1.95. The van der Waals surface area contributed by atoms with Crippen molar-refractivity contribution >= 4 is 27.0 Å². The summed E-state index contributed by atoms with van der Waals surface area (Å²) in [6, 6.07) is 12.1. The number of ether oxygens (including phenoxy) is 2. The fourth-order valence-corrected chi connectivity index (χ4v) is 6.22. The Morgan fingerprint density at radius 1 is 0.875 bits per heavy atom. The lowest BCUT2D eigenvalue weighted by Crippen LogP contribution is -2.38. The van der Waals surface area contributed by atoms with Crippen molar-refractivity contribution in [3.63, 3.8) is 0 Å². The normalized spacial score (nSPS) is 16.4. The predicted octanol–water partition coefficient (Wildman–Crippen LogP) is 5.71. The molecule has 1 saturated heterocycles. The van der Waals surface area contributed by atoms with Gasteiger partial charge in [0.1, 0.15) is 17.4 Å². The number of Topliss-reactive ketones (excluding diaryl/α,β-unsaturated/α-hetero) is 1. The van der Waals surface area contributed by atoms with Crippen LogP contribution in [-0.4, -0.2) is 51.6 Å². The monoisotopic (exact) mass is 571 g/mol. The standard InChI is InChI=1S/C30H28F3NO5S/c1-38-27-8-3-19(15-26(27)33)28-29(23-6-4-20(31)16-25(23)32)22-7-5-21(17-24(22)30(28)35)39-14-11-18-9-12-34(13-10-18)40(2,36)37/h3-8,15-18H,9-14H2,1-2H3. The summed E-state index contributed by atoms with van der Waals surface area (Å²) in [5, 5.41) is 0. The van der Waals surface area contributed by atoms with Gasteiger partial charge in [-0.15, -0.1) is 0 Å². The third-order valence-electron chi connectivity index (χ3n) is 7.46. The van der Waals surface area contributed by atoms with Crippen LogP contribution in [0.4, 0.5) is 13.2 Å². The van der Waals surface area contributed by atoms with Gasteiger partial charge in [-0.25, -0.2) is 25.9 Å². The van der Waals surface area contributed by atoms with E-state index in [0.717, 1.165) is 37.5 Å². The Morgan fingerprint density at radius 2 is 1.60 bits per heavy atom. The maximum Gasteiger partial charge on any atom is 0.211 e. The van der Waals surface area contributed by atoms with E-state index in [0.29, 0.717) is 36.9 Å². The van der Waals surface area contributed by atoms with Gasteiger partial charge in [-0.3, -0.25) is 4.79 Å². The van der Waals surface area contributed by atoms with E-state index in [4.69, 9.17) is 9.47 Å². The number of sulfonamides is 1. The second-order valence-corrected chi connectivity index (χ2v) is 12.0. The van der Waals surface area contributed by atoms with Gasteiger partial charge in [0.25, 0.3) is 0 Å². The van der Waals surface area contributed by atoms with Gasteiger partial charge in [0.05, 0.1) is 20.0 Å². The Kier molecular flexibility index (Phi) is 7.74. The molecule has 1 aliphatic heterocycles. The number of rotatable bonds is 8. The van der Waals surface area contributed by atoms with Crippen molar-refractivity contribution in [2.75, 3.05) is 33.1 Å². The molecule has 0 spiro atoms. The topological polar surface area (TPSA) is 72.9 Å². The molecule has 0 bridgehead atoms. The maximum atomic E-state index is 15.0. The van der Waals surface area contributed by atoms with Gasteiger partial charge >= 0.3 is 0 Å². The Balaban J connectivity index is 1.40. The second-order valence-electron chi connectivity index (χ2n) is 10.0. The van der Waals surface area contributed by atoms with Crippen LogP contribution in [0, 0.1) is 23.4 Å². The van der Waals surface area contributed by atoms with Crippen LogP contribution in [0.3, 0.4) is 0 Å². The van der Waals surface area contributed by atoms with Gasteiger partial charge in [0.2, 0.25) is 10.0 Å². The molecule has 2 aliphatic rings. The van der Waals surface area contributed by atoms with Crippen LogP contribution in [0.25, 0.3) is 11.1 Å². The van der Waals surface area contributed by atoms with Gasteiger partial charge in [0, 0.05) is 41.4 Å². The number of carbonyl (C=O) groups excluding carboxylic acids is 1. The number of allylic oxidation sites excluding steroid dienone is 1. The van der Waals surface area contributed by atoms with Crippen molar-refractivity contribution < 1.29 is 35.9 Å². The van der Waals surface area contributed by atoms with Crippen LogP contribution >= 0.6 is 0 Å². The number of fused-ring (bicyclic) bond motifs is 1. The minimum Gasteiger partial charge on any atom is -0.494 e. The molecule has 3 aromatic carbocycles. The lowest BCUT2D eigenvalue weighted by molar-refractivity contribution is 0.105. The number of halogens is 3. The molecule has 210 valence electrons. The van der Waals surface area contributed by atoms with Gasteiger partial charge in [-0.2, -0.15) is 0 Å². The lowest BCUT2D eigenvalue weighted by Gasteiger charge is -2.30. The first-order valence-corrected chi connectivity index (χ1v) is 14.7. The molecule has 1 heterocycles. The van der Waals surface area contributed by atoms with Crippen molar-refractivity contribution in [3.8, 4) is 11.5 Å². The summed E-state index contributed by atoms with van der Waals surface area (Å²) in [4.78, 5) is 13.7. The minimum atomic E-state index is -3.19. The molecule has 1 aliphatic carbocycles. The number of ketones is 1. The van der Waals surface area contributed by atoms with Gasteiger partial charge < -0.3 is 9.47 Å². The maximum absolute atomic E-state index is 15.0. The van der Waals surface area contributed by atoms with E-state index in [9.17, 15) is 26.4 Å². The van der Waals surface area contributed by atoms with Crippen molar-refractivity contribution in [1.82, 2.24) is 4.31 Å². The molecule has 5 rings (SSSR count). The van der Waals surface area contributed by atoms with E-state index in [1.165, 1.54) is 35.9 Å². The number of benzene rings is 3. The number of hydrogen-bond acceptors (Lipinski definition) is 5. The third kappa shape index (κ3) is 5.51. The SMILES string of the molecule is COc1ccc(C2=C(c3ccc(F)cc3F)c3ccc(OCCC4CCN(S(C)(=O)=O)CC4)cc3C2=O)cc1F. The quantitative estimate of drug-likeness (QED) is 0.347. The van der Waals surface area contributed by atoms with Crippen molar-refractivity contribution in [3.05, 3.63) is 94.3 Å². The summed E-state index contributed by atoms with van der Waals surface area (Å²) in [7, 11) is -1.86. The molecule has 0 saturated carbocycles. The second kappa shape index (κ2) is 11.1. The van der Waals surface area contributed by atoms with Crippen LogP contribution in [-0.2, 0) is 10.0 Å². The highest BCUT2D eigenvalue weighted by Crippen LogP contribution is 2.44. The third-order valence-corrected chi connectivity index (χ3v) is 8.76. The average Bonchev–Trinajstić information content (AvgIpc) is 3.20. The largest absolute Gasteiger partial charge is 0.494 e. The zero-order chi connectivity index (χ0) is 28.6. The zero-order valence-corrected chi connectivity index (χ0v) is 22.9. The average molecular weight is 572 g/mol. The molecule has 40 heavy (non-hydrogen) atoms. The molecule has 1 fully saturated rings. The van der Waals surface area contributed by atoms with E-state index >= 15 is 0 Å². The molecule has 0 amide bonds. The summed E-state index contributed by atoms with van der Waals surface area (Å²) in [6.45, 7) is 1.35. The van der Waals surface area contributed by atoms with E-state index in [1.54, 1.807) is 18.2 Å². The molecule has 6 nitrogen and oxygen atoms in total. The highest BCUT2D eigenvalue weighted by atomic mass is 32.2. The van der Waals surface area contributed by atoms with Gasteiger partial charge in [0.15, 0.2) is 17.3 Å². The van der Waals surface area contributed by atoms with Crippen LogP contribution in [0.2, 0.25) is 0 Å². The molecule has 0 N–H and O–H groups in total. The molecule has 0 radical (unpaired) electrons. The lowest BCUT2D eigenvalue weighted by atomic mass is 9.93. The Morgan fingerprint density at radius 3 is 2.25 bits per heavy atom. The molecule has 3 aromatic rings. The number of nitrogens with zero attached hydrogens (tertiary/aromatic N) is 1. The first-order valence-electron chi connectivity index (χ1n) is 12.9. The van der Waals surface area contributed by atoms with Crippen LogP contribution < -0.4 is 9.47 Å². The first-order chi connectivity index (χ1) is 19.1. The van der Waals surface area contributed by atoms with E-state index in [-0.39, 0.29) is 33.6 Å². The summed E-state index contributed by atoms with van der Waals surface area (Å²) in [6.07, 6.45) is 3.44. The molecule has 0 aromatic heterocycles. The highest BCUT2D eigenvalue weighted by molar-refractivity contribution is 7.88. The zero-order valence-electron chi connectivity index (χ0n) is 22.0. The smallest absolute Gasteiger partial charge is 0.211 e. The van der Waals surface area contributed by atoms with Crippen LogP contribution in [0.15, 0.2) is 54.6 Å². The molecule has 10 heteroatoms. The van der Waals surface area contributed by atoms with Crippen LogP contribution in [0.1, 0.15) is 46.3 Å². The van der Waals surface area contributed by atoms with E-state index in [2.05, 4.69) is 0 Å². The van der Waals surface area contributed by atoms with Crippen molar-refractivity contribution in [2.45, 2.75) is 19.3 Å². The Labute approximate surface area is 231 Å². The van der Waals surface area contributed by atoms with Crippen molar-refractivity contribution in [2.24, 2.45) is 5.92 Å². The number of piperidine rings is 1. The van der Waals surface area contributed by atoms with E-state index in [1.807, 2.05) is 0 Å². The fraction of sp³-hybridized carbons (Fsp3) is 0.300. The molecule has 0 atom stereocenters. The van der Waals surface area contributed by atoms with E-state index < -0.39 is 33.3 Å². The van der Waals surface area contributed by atoms with Gasteiger partial charge in [-0.1, -0.05) is 6.07 Å². The molecule has 0 unspecified atom stereocenters. The first kappa shape index (κ1) is 27.9. The molecular formula is C30H28F3NO5S. The summed E-state index contributed by atoms with van der Waals surface area (Å²) < 4.78 is 79.2. The Hall–Kier alpha value is -3.63. The predicted molar refractivity (Wildman–Crippen MR) is 145 cm³/mol. The Bertz CT molecular complexity index is 1610. The summed E-state index contributed by atoms with van der Waals surface area (Å²) >= 11 is 0. The minimum absolute atomic E-state index is 0.000461. The number of carbonyl (C=O) groups is 1. The summed E-state index contributed by atoms with van der Waals surface area (Å²) in [5.41, 5.74) is 1.30. The van der Waals surface area contributed by atoms with Crippen LogP contribution in [0.5, 0.6) is 11.5 Å².